The summed E-state index contributed by atoms with van der Waals surface area (Å²) < 4.78 is 2.00. The number of hydrogen-bond acceptors (Lipinski definition) is 4. The van der Waals surface area contributed by atoms with E-state index < -0.39 is 0 Å². The summed E-state index contributed by atoms with van der Waals surface area (Å²) in [6, 6.07) is 8.79. The minimum atomic E-state index is 0.204. The summed E-state index contributed by atoms with van der Waals surface area (Å²) in [6.45, 7) is 5.27. The Morgan fingerprint density at radius 1 is 1.38 bits per heavy atom. The second-order valence-corrected chi connectivity index (χ2v) is 6.24. The Balaban J connectivity index is 1.73. The van der Waals surface area contributed by atoms with Crippen molar-refractivity contribution >= 4 is 0 Å². The Morgan fingerprint density at radius 3 is 2.90 bits per heavy atom. The third kappa shape index (κ3) is 2.84. The van der Waals surface area contributed by atoms with Crippen molar-refractivity contribution in [3.05, 3.63) is 47.5 Å². The maximum atomic E-state index is 5.80. The van der Waals surface area contributed by atoms with Gasteiger partial charge in [0.05, 0.1) is 0 Å². The van der Waals surface area contributed by atoms with Crippen LogP contribution in [-0.4, -0.2) is 20.8 Å². The molecule has 2 unspecified atom stereocenters. The molecule has 5 heteroatoms. The zero-order chi connectivity index (χ0) is 14.8. The SMILES string of the molecule is CC(C)Cn1ncnc1CC(NN)C1Cc2ccccc21. The molecule has 0 fully saturated rings. The topological polar surface area (TPSA) is 68.8 Å². The smallest absolute Gasteiger partial charge is 0.138 e. The summed E-state index contributed by atoms with van der Waals surface area (Å²) in [5.74, 6) is 7.83. The Bertz CT molecular complexity index is 604. The zero-order valence-corrected chi connectivity index (χ0v) is 12.7. The van der Waals surface area contributed by atoms with Gasteiger partial charge in [0, 0.05) is 24.9 Å². The molecule has 2 aromatic rings. The van der Waals surface area contributed by atoms with E-state index in [1.165, 1.54) is 11.1 Å². The first-order valence-corrected chi connectivity index (χ1v) is 7.59. The van der Waals surface area contributed by atoms with E-state index in [0.717, 1.165) is 25.2 Å². The van der Waals surface area contributed by atoms with E-state index in [-0.39, 0.29) is 6.04 Å². The molecule has 0 spiro atoms. The van der Waals surface area contributed by atoms with Gasteiger partial charge >= 0.3 is 0 Å². The van der Waals surface area contributed by atoms with Crippen molar-refractivity contribution in [2.75, 3.05) is 0 Å². The Kier molecular flexibility index (Phi) is 4.03. The van der Waals surface area contributed by atoms with E-state index in [1.54, 1.807) is 6.33 Å². The lowest BCUT2D eigenvalue weighted by Gasteiger charge is -2.36. The van der Waals surface area contributed by atoms with Crippen LogP contribution in [0.2, 0.25) is 0 Å². The third-order valence-corrected chi connectivity index (χ3v) is 4.23. The largest absolute Gasteiger partial charge is 0.271 e. The van der Waals surface area contributed by atoms with Crippen LogP contribution in [0.3, 0.4) is 0 Å². The molecule has 1 aliphatic carbocycles. The van der Waals surface area contributed by atoms with Crippen LogP contribution in [0, 0.1) is 5.92 Å². The van der Waals surface area contributed by atoms with Crippen molar-refractivity contribution in [2.45, 2.75) is 45.2 Å². The minimum absolute atomic E-state index is 0.204. The molecule has 1 heterocycles. The minimum Gasteiger partial charge on any atom is -0.271 e. The zero-order valence-electron chi connectivity index (χ0n) is 12.7. The number of fused-ring (bicyclic) bond motifs is 1. The highest BCUT2D eigenvalue weighted by Crippen LogP contribution is 2.37. The maximum absolute atomic E-state index is 5.80. The molecule has 112 valence electrons. The number of aromatic nitrogens is 3. The van der Waals surface area contributed by atoms with Crippen LogP contribution in [0.1, 0.15) is 36.7 Å². The van der Waals surface area contributed by atoms with Crippen LogP contribution in [0.5, 0.6) is 0 Å². The highest BCUT2D eigenvalue weighted by atomic mass is 15.3. The van der Waals surface area contributed by atoms with Gasteiger partial charge in [0.15, 0.2) is 0 Å². The van der Waals surface area contributed by atoms with Crippen molar-refractivity contribution < 1.29 is 0 Å². The Hall–Kier alpha value is -1.72. The van der Waals surface area contributed by atoms with E-state index in [2.05, 4.69) is 53.6 Å². The van der Waals surface area contributed by atoms with Crippen LogP contribution in [0.25, 0.3) is 0 Å². The lowest BCUT2D eigenvalue weighted by molar-refractivity contribution is 0.382. The molecule has 21 heavy (non-hydrogen) atoms. The fourth-order valence-electron chi connectivity index (χ4n) is 3.12. The summed E-state index contributed by atoms with van der Waals surface area (Å²) in [6.07, 6.45) is 3.53. The predicted molar refractivity (Wildman–Crippen MR) is 82.6 cm³/mol. The van der Waals surface area contributed by atoms with Gasteiger partial charge in [0.1, 0.15) is 12.2 Å². The van der Waals surface area contributed by atoms with Gasteiger partial charge < -0.3 is 0 Å². The van der Waals surface area contributed by atoms with E-state index in [0.29, 0.717) is 11.8 Å². The summed E-state index contributed by atoms with van der Waals surface area (Å²) >= 11 is 0. The number of rotatable bonds is 6. The fraction of sp³-hybridized carbons (Fsp3) is 0.500. The first kappa shape index (κ1) is 14.2. The van der Waals surface area contributed by atoms with Crippen molar-refractivity contribution in [3.8, 4) is 0 Å². The molecule has 0 aliphatic heterocycles. The van der Waals surface area contributed by atoms with Crippen molar-refractivity contribution in [1.29, 1.82) is 0 Å². The van der Waals surface area contributed by atoms with Crippen LogP contribution in [0.4, 0.5) is 0 Å². The molecule has 1 aromatic carbocycles. The number of nitrogens with zero attached hydrogens (tertiary/aromatic N) is 3. The number of nitrogens with one attached hydrogen (secondary N) is 1. The Labute approximate surface area is 125 Å². The molecule has 0 saturated heterocycles. The van der Waals surface area contributed by atoms with Gasteiger partial charge in [-0.15, -0.1) is 0 Å². The molecule has 1 aliphatic rings. The molecule has 3 N–H and O–H groups in total. The van der Waals surface area contributed by atoms with Gasteiger partial charge in [-0.2, -0.15) is 5.10 Å². The van der Waals surface area contributed by atoms with Crippen molar-refractivity contribution in [3.63, 3.8) is 0 Å². The van der Waals surface area contributed by atoms with Crippen LogP contribution >= 0.6 is 0 Å². The average molecular weight is 285 g/mol. The van der Waals surface area contributed by atoms with E-state index >= 15 is 0 Å². The number of hydrazine groups is 1. The molecule has 0 amide bonds. The quantitative estimate of drug-likeness (QED) is 0.625. The normalized spacial score (nSPS) is 18.4. The number of nitrogens with two attached hydrogens (primary N) is 1. The molecule has 0 saturated carbocycles. The fourth-order valence-corrected chi connectivity index (χ4v) is 3.12. The van der Waals surface area contributed by atoms with Gasteiger partial charge in [0.2, 0.25) is 0 Å². The molecule has 1 aromatic heterocycles. The van der Waals surface area contributed by atoms with Crippen molar-refractivity contribution in [1.82, 2.24) is 20.2 Å². The van der Waals surface area contributed by atoms with Gasteiger partial charge in [0.25, 0.3) is 0 Å². The van der Waals surface area contributed by atoms with Gasteiger partial charge in [-0.05, 0) is 23.5 Å². The van der Waals surface area contributed by atoms with E-state index in [4.69, 9.17) is 5.84 Å². The third-order valence-electron chi connectivity index (χ3n) is 4.23. The van der Waals surface area contributed by atoms with Crippen molar-refractivity contribution in [2.24, 2.45) is 11.8 Å². The standard InChI is InChI=1S/C16H23N5/c1-11(2)9-21-16(18-10-19-21)8-15(20-17)14-7-12-5-3-4-6-13(12)14/h3-6,10-11,14-15,20H,7-9,17H2,1-2H3. The first-order chi connectivity index (χ1) is 10.2. The monoisotopic (exact) mass is 285 g/mol. The van der Waals surface area contributed by atoms with E-state index in [9.17, 15) is 0 Å². The molecule has 5 nitrogen and oxygen atoms in total. The average Bonchev–Trinajstić information content (AvgIpc) is 2.85. The molecule has 0 bridgehead atoms. The molecule has 2 atom stereocenters. The Morgan fingerprint density at radius 2 is 2.19 bits per heavy atom. The highest BCUT2D eigenvalue weighted by Gasteiger charge is 2.33. The summed E-state index contributed by atoms with van der Waals surface area (Å²) in [5, 5.41) is 4.33. The highest BCUT2D eigenvalue weighted by molar-refractivity contribution is 5.41. The maximum Gasteiger partial charge on any atom is 0.138 e. The number of benzene rings is 1. The lowest BCUT2D eigenvalue weighted by atomic mass is 9.73. The first-order valence-electron chi connectivity index (χ1n) is 7.59. The molecular formula is C16H23N5. The predicted octanol–water partition coefficient (Wildman–Crippen LogP) is 1.65. The second-order valence-electron chi connectivity index (χ2n) is 6.24. The molecular weight excluding hydrogens is 262 g/mol. The van der Waals surface area contributed by atoms with Crippen LogP contribution < -0.4 is 11.3 Å². The van der Waals surface area contributed by atoms with Gasteiger partial charge in [-0.3, -0.25) is 11.3 Å². The van der Waals surface area contributed by atoms with Crippen LogP contribution in [-0.2, 0) is 19.4 Å². The summed E-state index contributed by atoms with van der Waals surface area (Å²) in [4.78, 5) is 4.41. The summed E-state index contributed by atoms with van der Waals surface area (Å²) in [7, 11) is 0. The summed E-state index contributed by atoms with van der Waals surface area (Å²) in [5.41, 5.74) is 5.83. The number of hydrogen-bond donors (Lipinski definition) is 2. The lowest BCUT2D eigenvalue weighted by Crippen LogP contribution is -2.45. The van der Waals surface area contributed by atoms with Gasteiger partial charge in [-0.1, -0.05) is 38.1 Å². The van der Waals surface area contributed by atoms with Crippen LogP contribution in [0.15, 0.2) is 30.6 Å². The van der Waals surface area contributed by atoms with Gasteiger partial charge in [-0.25, -0.2) is 9.67 Å². The molecule has 0 radical (unpaired) electrons. The molecule has 3 rings (SSSR count). The second kappa shape index (κ2) is 5.95. The van der Waals surface area contributed by atoms with E-state index in [1.807, 2.05) is 4.68 Å².